The molecule has 0 amide bonds. The third kappa shape index (κ3) is 4.32. The van der Waals surface area contributed by atoms with Crippen LogP contribution in [0, 0.1) is 0 Å². The smallest absolute Gasteiger partial charge is 0.335 e. The maximum Gasteiger partial charge on any atom is 0.335 e. The number of carbonyl (C=O) groups is 1. The van der Waals surface area contributed by atoms with E-state index < -0.39 is 5.97 Å². The monoisotopic (exact) mass is 239 g/mol. The largest absolute Gasteiger partial charge is 0.491 e. The number of aliphatic hydroxyl groups excluding tert-OH is 1. The Bertz CT molecular complexity index is 379. The van der Waals surface area contributed by atoms with Crippen molar-refractivity contribution >= 4 is 11.7 Å². The SMILES string of the molecule is Nc1cc(C(=O)O)ccc1OCCCCCO. The van der Waals surface area contributed by atoms with E-state index in [9.17, 15) is 4.79 Å². The van der Waals surface area contributed by atoms with Crippen LogP contribution in [0.4, 0.5) is 5.69 Å². The highest BCUT2D eigenvalue weighted by molar-refractivity contribution is 5.89. The minimum Gasteiger partial charge on any atom is -0.491 e. The first-order valence-electron chi connectivity index (χ1n) is 5.51. The van der Waals surface area contributed by atoms with Gasteiger partial charge in [-0.05, 0) is 37.5 Å². The van der Waals surface area contributed by atoms with Gasteiger partial charge >= 0.3 is 5.97 Å². The average Bonchev–Trinajstić information content (AvgIpc) is 2.30. The Morgan fingerprint density at radius 3 is 2.65 bits per heavy atom. The molecule has 1 aromatic rings. The van der Waals surface area contributed by atoms with Gasteiger partial charge < -0.3 is 20.7 Å². The fourth-order valence-corrected chi connectivity index (χ4v) is 1.39. The molecule has 5 heteroatoms. The van der Waals surface area contributed by atoms with E-state index >= 15 is 0 Å². The lowest BCUT2D eigenvalue weighted by Crippen LogP contribution is -2.03. The van der Waals surface area contributed by atoms with Crippen molar-refractivity contribution in [3.63, 3.8) is 0 Å². The molecule has 0 saturated carbocycles. The van der Waals surface area contributed by atoms with E-state index in [1.165, 1.54) is 12.1 Å². The number of benzene rings is 1. The molecule has 0 aromatic heterocycles. The summed E-state index contributed by atoms with van der Waals surface area (Å²) in [5.74, 6) is -0.509. The van der Waals surface area contributed by atoms with E-state index in [1.54, 1.807) is 6.07 Å². The first kappa shape index (κ1) is 13.3. The van der Waals surface area contributed by atoms with Crippen LogP contribution in [0.3, 0.4) is 0 Å². The highest BCUT2D eigenvalue weighted by Crippen LogP contribution is 2.22. The predicted octanol–water partition coefficient (Wildman–Crippen LogP) is 1.51. The van der Waals surface area contributed by atoms with Gasteiger partial charge in [-0.15, -0.1) is 0 Å². The number of carboxylic acids is 1. The maximum absolute atomic E-state index is 10.7. The summed E-state index contributed by atoms with van der Waals surface area (Å²) in [6.07, 6.45) is 2.49. The second-order valence-corrected chi connectivity index (χ2v) is 3.69. The Hall–Kier alpha value is -1.75. The average molecular weight is 239 g/mol. The first-order valence-corrected chi connectivity index (χ1v) is 5.51. The fraction of sp³-hybridized carbons (Fsp3) is 0.417. The summed E-state index contributed by atoms with van der Waals surface area (Å²) < 4.78 is 5.42. The van der Waals surface area contributed by atoms with Crippen LogP contribution in [0.25, 0.3) is 0 Å². The van der Waals surface area contributed by atoms with E-state index in [4.69, 9.17) is 20.7 Å². The fourth-order valence-electron chi connectivity index (χ4n) is 1.39. The van der Waals surface area contributed by atoms with Crippen LogP contribution in [0.2, 0.25) is 0 Å². The molecular weight excluding hydrogens is 222 g/mol. The number of ether oxygens (including phenoxy) is 1. The van der Waals surface area contributed by atoms with E-state index in [0.717, 1.165) is 19.3 Å². The van der Waals surface area contributed by atoms with Crippen molar-refractivity contribution < 1.29 is 19.7 Å². The van der Waals surface area contributed by atoms with Crippen LogP contribution in [0.15, 0.2) is 18.2 Å². The lowest BCUT2D eigenvalue weighted by atomic mass is 10.2. The lowest BCUT2D eigenvalue weighted by molar-refractivity contribution is 0.0697. The van der Waals surface area contributed by atoms with Gasteiger partial charge in [0, 0.05) is 6.61 Å². The molecule has 17 heavy (non-hydrogen) atoms. The van der Waals surface area contributed by atoms with Crippen molar-refractivity contribution in [2.45, 2.75) is 19.3 Å². The number of rotatable bonds is 7. The first-order chi connectivity index (χ1) is 8.15. The van der Waals surface area contributed by atoms with Crippen LogP contribution >= 0.6 is 0 Å². The normalized spacial score (nSPS) is 10.2. The third-order valence-corrected chi connectivity index (χ3v) is 2.32. The molecule has 0 aliphatic heterocycles. The van der Waals surface area contributed by atoms with Gasteiger partial charge in [-0.3, -0.25) is 0 Å². The number of hydrogen-bond donors (Lipinski definition) is 3. The van der Waals surface area contributed by atoms with Crippen LogP contribution in [0.5, 0.6) is 5.75 Å². The number of carboxylic acid groups (broad SMARTS) is 1. The number of nitrogens with two attached hydrogens (primary N) is 1. The van der Waals surface area contributed by atoms with Gasteiger partial charge in [0.15, 0.2) is 0 Å². The summed E-state index contributed by atoms with van der Waals surface area (Å²) in [5, 5.41) is 17.3. The Morgan fingerprint density at radius 1 is 1.29 bits per heavy atom. The minimum atomic E-state index is -1.01. The lowest BCUT2D eigenvalue weighted by Gasteiger charge is -2.09. The summed E-state index contributed by atoms with van der Waals surface area (Å²) in [7, 11) is 0. The summed E-state index contributed by atoms with van der Waals surface area (Å²) in [5.41, 5.74) is 6.15. The molecule has 1 aromatic carbocycles. The molecule has 0 fully saturated rings. The number of aliphatic hydroxyl groups is 1. The number of aromatic carboxylic acids is 1. The van der Waals surface area contributed by atoms with Gasteiger partial charge in [0.25, 0.3) is 0 Å². The molecule has 5 nitrogen and oxygen atoms in total. The number of nitrogen functional groups attached to an aromatic ring is 1. The van der Waals surface area contributed by atoms with Crippen molar-refractivity contribution in [3.8, 4) is 5.75 Å². The van der Waals surface area contributed by atoms with E-state index in [0.29, 0.717) is 18.0 Å². The van der Waals surface area contributed by atoms with Gasteiger partial charge in [-0.2, -0.15) is 0 Å². The predicted molar refractivity (Wildman–Crippen MR) is 64.2 cm³/mol. The summed E-state index contributed by atoms with van der Waals surface area (Å²) in [6, 6.07) is 4.40. The van der Waals surface area contributed by atoms with E-state index in [1.807, 2.05) is 0 Å². The molecule has 0 radical (unpaired) electrons. The molecule has 4 N–H and O–H groups in total. The maximum atomic E-state index is 10.7. The quantitative estimate of drug-likeness (QED) is 0.495. The number of unbranched alkanes of at least 4 members (excludes halogenated alkanes) is 2. The van der Waals surface area contributed by atoms with Crippen LogP contribution in [-0.2, 0) is 0 Å². The molecule has 0 atom stereocenters. The number of hydrogen-bond acceptors (Lipinski definition) is 4. The highest BCUT2D eigenvalue weighted by Gasteiger charge is 2.06. The molecule has 1 rings (SSSR count). The highest BCUT2D eigenvalue weighted by atomic mass is 16.5. The summed E-state index contributed by atoms with van der Waals surface area (Å²) >= 11 is 0. The molecule has 0 saturated heterocycles. The Labute approximate surface area is 99.8 Å². The topological polar surface area (TPSA) is 92.8 Å². The Morgan fingerprint density at radius 2 is 2.06 bits per heavy atom. The Kier molecular flexibility index (Phi) is 5.29. The van der Waals surface area contributed by atoms with Crippen LogP contribution < -0.4 is 10.5 Å². The van der Waals surface area contributed by atoms with Crippen LogP contribution in [-0.4, -0.2) is 29.4 Å². The molecule has 0 aliphatic carbocycles. The van der Waals surface area contributed by atoms with E-state index in [-0.39, 0.29) is 12.2 Å². The zero-order valence-corrected chi connectivity index (χ0v) is 9.56. The third-order valence-electron chi connectivity index (χ3n) is 2.32. The zero-order valence-electron chi connectivity index (χ0n) is 9.56. The molecule has 94 valence electrons. The van der Waals surface area contributed by atoms with Gasteiger partial charge in [0.2, 0.25) is 0 Å². The van der Waals surface area contributed by atoms with Gasteiger partial charge in [0.05, 0.1) is 17.9 Å². The molecule has 0 spiro atoms. The van der Waals surface area contributed by atoms with Crippen molar-refractivity contribution in [2.75, 3.05) is 18.9 Å². The summed E-state index contributed by atoms with van der Waals surface area (Å²) in [4.78, 5) is 10.7. The molecular formula is C12H17NO4. The molecule has 0 unspecified atom stereocenters. The summed E-state index contributed by atoms with van der Waals surface area (Å²) in [6.45, 7) is 0.700. The molecule has 0 bridgehead atoms. The minimum absolute atomic E-state index is 0.148. The zero-order chi connectivity index (χ0) is 12.7. The van der Waals surface area contributed by atoms with Crippen LogP contribution in [0.1, 0.15) is 29.6 Å². The standard InChI is InChI=1S/C12H17NO4/c13-10-8-9(12(15)16)4-5-11(10)17-7-3-1-2-6-14/h4-5,8,14H,1-3,6-7,13H2,(H,15,16). The van der Waals surface area contributed by atoms with Gasteiger partial charge in [-0.1, -0.05) is 0 Å². The second-order valence-electron chi connectivity index (χ2n) is 3.69. The number of anilines is 1. The van der Waals surface area contributed by atoms with Crippen molar-refractivity contribution in [2.24, 2.45) is 0 Å². The molecule has 0 aliphatic rings. The molecule has 0 heterocycles. The van der Waals surface area contributed by atoms with Gasteiger partial charge in [-0.25, -0.2) is 4.79 Å². The Balaban J connectivity index is 2.46. The van der Waals surface area contributed by atoms with Crippen molar-refractivity contribution in [1.82, 2.24) is 0 Å². The van der Waals surface area contributed by atoms with Crippen molar-refractivity contribution in [3.05, 3.63) is 23.8 Å². The van der Waals surface area contributed by atoms with Crippen molar-refractivity contribution in [1.29, 1.82) is 0 Å². The van der Waals surface area contributed by atoms with E-state index in [2.05, 4.69) is 0 Å². The van der Waals surface area contributed by atoms with Gasteiger partial charge in [0.1, 0.15) is 5.75 Å². The second kappa shape index (κ2) is 6.75.